The standard InChI is InChI=1S/C14H18N4/c1-2-13-16-7-8-17(13)9-12-10-18(11-12)14-5-3-4-6-15-14/h3-8,12H,2,9-11H2,1H3. The van der Waals surface area contributed by atoms with E-state index in [4.69, 9.17) is 0 Å². The van der Waals surface area contributed by atoms with Gasteiger partial charge in [-0.15, -0.1) is 0 Å². The van der Waals surface area contributed by atoms with Crippen LogP contribution in [0.25, 0.3) is 0 Å². The number of rotatable bonds is 4. The van der Waals surface area contributed by atoms with Crippen LogP contribution in [-0.4, -0.2) is 27.6 Å². The maximum Gasteiger partial charge on any atom is 0.128 e. The van der Waals surface area contributed by atoms with Gasteiger partial charge in [0.15, 0.2) is 0 Å². The van der Waals surface area contributed by atoms with Crippen molar-refractivity contribution in [3.05, 3.63) is 42.6 Å². The first-order valence-corrected chi connectivity index (χ1v) is 6.53. The van der Waals surface area contributed by atoms with Crippen molar-refractivity contribution in [1.82, 2.24) is 14.5 Å². The smallest absolute Gasteiger partial charge is 0.128 e. The molecule has 3 rings (SSSR count). The van der Waals surface area contributed by atoms with Gasteiger partial charge < -0.3 is 9.47 Å². The van der Waals surface area contributed by atoms with Gasteiger partial charge in [0.2, 0.25) is 0 Å². The van der Waals surface area contributed by atoms with Gasteiger partial charge in [-0.25, -0.2) is 9.97 Å². The second kappa shape index (κ2) is 4.80. The highest BCUT2D eigenvalue weighted by Gasteiger charge is 2.28. The Kier molecular flexibility index (Phi) is 3.00. The predicted octanol–water partition coefficient (Wildman–Crippen LogP) is 1.98. The van der Waals surface area contributed by atoms with Crippen LogP contribution in [0.2, 0.25) is 0 Å². The van der Waals surface area contributed by atoms with E-state index in [0.717, 1.165) is 31.9 Å². The lowest BCUT2D eigenvalue weighted by Gasteiger charge is -2.40. The molecular weight excluding hydrogens is 224 g/mol. The fourth-order valence-electron chi connectivity index (χ4n) is 2.51. The molecule has 0 aromatic carbocycles. The first-order chi connectivity index (χ1) is 8.86. The van der Waals surface area contributed by atoms with Crippen molar-refractivity contribution in [3.8, 4) is 0 Å². The number of hydrogen-bond donors (Lipinski definition) is 0. The lowest BCUT2D eigenvalue weighted by Crippen LogP contribution is -2.49. The van der Waals surface area contributed by atoms with Crippen LogP contribution in [0, 0.1) is 5.92 Å². The molecule has 1 fully saturated rings. The van der Waals surface area contributed by atoms with Gasteiger partial charge in [-0.05, 0) is 12.1 Å². The van der Waals surface area contributed by atoms with Gasteiger partial charge >= 0.3 is 0 Å². The van der Waals surface area contributed by atoms with Crippen LogP contribution in [0.15, 0.2) is 36.8 Å². The molecule has 0 spiro atoms. The van der Waals surface area contributed by atoms with E-state index >= 15 is 0 Å². The van der Waals surface area contributed by atoms with Crippen molar-refractivity contribution < 1.29 is 0 Å². The minimum atomic E-state index is 0.714. The molecule has 94 valence electrons. The Morgan fingerprint density at radius 1 is 1.22 bits per heavy atom. The number of aromatic nitrogens is 3. The van der Waals surface area contributed by atoms with E-state index in [9.17, 15) is 0 Å². The van der Waals surface area contributed by atoms with Crippen LogP contribution < -0.4 is 4.90 Å². The fraction of sp³-hybridized carbons (Fsp3) is 0.429. The Balaban J connectivity index is 1.57. The van der Waals surface area contributed by atoms with Crippen molar-refractivity contribution in [2.45, 2.75) is 19.9 Å². The van der Waals surface area contributed by atoms with Crippen LogP contribution in [0.5, 0.6) is 0 Å². The van der Waals surface area contributed by atoms with Gasteiger partial charge in [-0.2, -0.15) is 0 Å². The molecule has 4 nitrogen and oxygen atoms in total. The Bertz CT molecular complexity index is 500. The molecule has 0 unspecified atom stereocenters. The molecule has 2 aromatic heterocycles. The van der Waals surface area contributed by atoms with Crippen LogP contribution in [0.4, 0.5) is 5.82 Å². The maximum absolute atomic E-state index is 4.37. The Morgan fingerprint density at radius 2 is 2.11 bits per heavy atom. The van der Waals surface area contributed by atoms with Gasteiger partial charge in [0.25, 0.3) is 0 Å². The molecule has 4 heteroatoms. The van der Waals surface area contributed by atoms with Gasteiger partial charge in [0.05, 0.1) is 0 Å². The van der Waals surface area contributed by atoms with E-state index in [-0.39, 0.29) is 0 Å². The van der Waals surface area contributed by atoms with Gasteiger partial charge in [0, 0.05) is 50.6 Å². The summed E-state index contributed by atoms with van der Waals surface area (Å²) in [5.41, 5.74) is 0. The summed E-state index contributed by atoms with van der Waals surface area (Å²) in [6.07, 6.45) is 6.84. The third-order valence-electron chi connectivity index (χ3n) is 3.50. The summed E-state index contributed by atoms with van der Waals surface area (Å²) in [7, 11) is 0. The molecule has 0 bridgehead atoms. The van der Waals surface area contributed by atoms with E-state index in [1.807, 2.05) is 24.5 Å². The second-order valence-electron chi connectivity index (χ2n) is 4.81. The van der Waals surface area contributed by atoms with E-state index in [1.165, 1.54) is 5.82 Å². The van der Waals surface area contributed by atoms with Crippen LogP contribution >= 0.6 is 0 Å². The molecule has 18 heavy (non-hydrogen) atoms. The highest BCUT2D eigenvalue weighted by molar-refractivity contribution is 5.40. The van der Waals surface area contributed by atoms with Crippen molar-refractivity contribution in [1.29, 1.82) is 0 Å². The molecule has 3 heterocycles. The van der Waals surface area contributed by atoms with Gasteiger partial charge in [-0.1, -0.05) is 13.0 Å². The molecule has 1 aliphatic heterocycles. The molecule has 0 amide bonds. The van der Waals surface area contributed by atoms with Crippen molar-refractivity contribution >= 4 is 5.82 Å². The van der Waals surface area contributed by atoms with Crippen LogP contribution in [-0.2, 0) is 13.0 Å². The number of pyridine rings is 1. The third-order valence-corrected chi connectivity index (χ3v) is 3.50. The molecule has 0 saturated carbocycles. The zero-order valence-electron chi connectivity index (χ0n) is 10.7. The maximum atomic E-state index is 4.37. The lowest BCUT2D eigenvalue weighted by molar-refractivity contribution is 0.351. The van der Waals surface area contributed by atoms with E-state index in [1.54, 1.807) is 0 Å². The molecule has 1 aliphatic rings. The fourth-order valence-corrected chi connectivity index (χ4v) is 2.51. The zero-order valence-corrected chi connectivity index (χ0v) is 10.7. The lowest BCUT2D eigenvalue weighted by atomic mass is 10.00. The molecule has 0 radical (unpaired) electrons. The Morgan fingerprint density at radius 3 is 2.83 bits per heavy atom. The number of anilines is 1. The van der Waals surface area contributed by atoms with Crippen molar-refractivity contribution in [2.75, 3.05) is 18.0 Å². The number of imidazole rings is 1. The summed E-state index contributed by atoms with van der Waals surface area (Å²) >= 11 is 0. The second-order valence-corrected chi connectivity index (χ2v) is 4.81. The summed E-state index contributed by atoms with van der Waals surface area (Å²) in [6.45, 7) is 5.42. The largest absolute Gasteiger partial charge is 0.356 e. The summed E-state index contributed by atoms with van der Waals surface area (Å²) < 4.78 is 2.28. The van der Waals surface area contributed by atoms with E-state index < -0.39 is 0 Å². The van der Waals surface area contributed by atoms with Crippen molar-refractivity contribution in [2.24, 2.45) is 5.92 Å². The monoisotopic (exact) mass is 242 g/mol. The van der Waals surface area contributed by atoms with Gasteiger partial charge in [0.1, 0.15) is 11.6 Å². The topological polar surface area (TPSA) is 34.0 Å². The predicted molar refractivity (Wildman–Crippen MR) is 71.5 cm³/mol. The van der Waals surface area contributed by atoms with Gasteiger partial charge in [-0.3, -0.25) is 0 Å². The molecule has 1 saturated heterocycles. The number of aryl methyl sites for hydroxylation is 1. The average molecular weight is 242 g/mol. The highest BCUT2D eigenvalue weighted by Crippen LogP contribution is 2.23. The normalized spacial score (nSPS) is 15.7. The quantitative estimate of drug-likeness (QED) is 0.822. The summed E-state index contributed by atoms with van der Waals surface area (Å²) in [5.74, 6) is 2.99. The molecule has 0 aliphatic carbocycles. The minimum Gasteiger partial charge on any atom is -0.356 e. The van der Waals surface area contributed by atoms with Crippen LogP contribution in [0.1, 0.15) is 12.7 Å². The minimum absolute atomic E-state index is 0.714. The zero-order chi connectivity index (χ0) is 12.4. The van der Waals surface area contributed by atoms with Crippen LogP contribution in [0.3, 0.4) is 0 Å². The van der Waals surface area contributed by atoms with Crippen molar-refractivity contribution in [3.63, 3.8) is 0 Å². The molecular formula is C14H18N4. The SMILES string of the molecule is CCc1nccn1CC1CN(c2ccccn2)C1. The van der Waals surface area contributed by atoms with E-state index in [2.05, 4.69) is 38.6 Å². The third kappa shape index (κ3) is 2.10. The Hall–Kier alpha value is -1.84. The Labute approximate surface area is 107 Å². The number of hydrogen-bond acceptors (Lipinski definition) is 3. The summed E-state index contributed by atoms with van der Waals surface area (Å²) in [5, 5.41) is 0. The first-order valence-electron chi connectivity index (χ1n) is 6.53. The summed E-state index contributed by atoms with van der Waals surface area (Å²) in [4.78, 5) is 11.1. The highest BCUT2D eigenvalue weighted by atomic mass is 15.2. The summed E-state index contributed by atoms with van der Waals surface area (Å²) in [6, 6.07) is 6.07. The average Bonchev–Trinajstić information content (AvgIpc) is 2.81. The molecule has 0 N–H and O–H groups in total. The van der Waals surface area contributed by atoms with E-state index in [0.29, 0.717) is 5.92 Å². The molecule has 0 atom stereocenters. The first kappa shape index (κ1) is 11.3. The number of nitrogens with zero attached hydrogens (tertiary/aromatic N) is 4. The molecule has 2 aromatic rings.